The number of benzene rings is 2. The van der Waals surface area contributed by atoms with Gasteiger partial charge in [-0.1, -0.05) is 36.7 Å². The molecule has 2 heterocycles. The third kappa shape index (κ3) is 8.63. The molecule has 2 aromatic carbocycles. The summed E-state index contributed by atoms with van der Waals surface area (Å²) in [5.74, 6) is 0.00911. The zero-order valence-electron chi connectivity index (χ0n) is 26.8. The first-order valence-corrected chi connectivity index (χ1v) is 18.3. The molecule has 0 unspecified atom stereocenters. The number of hydrogen-bond donors (Lipinski definition) is 2. The third-order valence-corrected chi connectivity index (χ3v) is 11.9. The maximum atomic E-state index is 13.7. The van der Waals surface area contributed by atoms with Gasteiger partial charge in [-0.25, -0.2) is 13.1 Å². The molecule has 2 aromatic rings. The van der Waals surface area contributed by atoms with Crippen LogP contribution in [0.25, 0.3) is 0 Å². The first-order chi connectivity index (χ1) is 22.2. The number of rotatable bonds is 6. The summed E-state index contributed by atoms with van der Waals surface area (Å²) >= 11 is 6.32. The number of nitrogens with one attached hydrogen (secondary N) is 1. The van der Waals surface area contributed by atoms with Crippen LogP contribution in [0, 0.1) is 17.8 Å². The number of carbonyl (C=O) groups excluding carboxylic acids is 1. The summed E-state index contributed by atoms with van der Waals surface area (Å²) in [7, 11) is -2.50. The van der Waals surface area contributed by atoms with Crippen molar-refractivity contribution in [2.45, 2.75) is 69.8 Å². The number of ether oxygens (including phenoxy) is 3. The summed E-state index contributed by atoms with van der Waals surface area (Å²) in [6, 6.07) is 11.0. The highest BCUT2D eigenvalue weighted by atomic mass is 35.5. The molecule has 0 radical (unpaired) electrons. The lowest BCUT2D eigenvalue weighted by atomic mass is 9.70. The number of carbonyl (C=O) groups is 1. The van der Waals surface area contributed by atoms with Crippen LogP contribution in [0.3, 0.4) is 0 Å². The number of amides is 1. The summed E-state index contributed by atoms with van der Waals surface area (Å²) in [5, 5.41) is 11.0. The number of fused-ring (bicyclic) bond motifs is 3. The highest BCUT2D eigenvalue weighted by molar-refractivity contribution is 7.90. The average Bonchev–Trinajstić information content (AvgIpc) is 3.03. The van der Waals surface area contributed by atoms with Crippen LogP contribution in [0.1, 0.15) is 66.9 Å². The third-order valence-electron chi connectivity index (χ3n) is 9.70. The molecule has 0 aromatic heterocycles. The van der Waals surface area contributed by atoms with Crippen molar-refractivity contribution in [1.29, 1.82) is 0 Å². The van der Waals surface area contributed by atoms with E-state index in [1.807, 2.05) is 37.3 Å². The van der Waals surface area contributed by atoms with Crippen LogP contribution in [-0.4, -0.2) is 70.8 Å². The molecule has 1 saturated carbocycles. The zero-order chi connectivity index (χ0) is 32.7. The van der Waals surface area contributed by atoms with Gasteiger partial charge in [0.25, 0.3) is 5.91 Å². The molecular weight excluding hydrogens is 628 g/mol. The molecule has 5 rings (SSSR count). The van der Waals surface area contributed by atoms with Crippen LogP contribution >= 0.6 is 11.6 Å². The van der Waals surface area contributed by atoms with E-state index in [0.717, 1.165) is 55.5 Å². The van der Waals surface area contributed by atoms with Gasteiger partial charge in [0.05, 0.1) is 30.3 Å². The average molecular weight is 675 g/mol. The van der Waals surface area contributed by atoms with Gasteiger partial charge in [-0.15, -0.1) is 0 Å². The van der Waals surface area contributed by atoms with Crippen molar-refractivity contribution in [1.82, 2.24) is 4.72 Å². The second-order valence-corrected chi connectivity index (χ2v) is 15.2. The van der Waals surface area contributed by atoms with E-state index in [4.69, 9.17) is 25.8 Å². The zero-order valence-corrected chi connectivity index (χ0v) is 28.4. The molecule has 5 atom stereocenters. The van der Waals surface area contributed by atoms with Gasteiger partial charge in [0.2, 0.25) is 10.0 Å². The number of sulfonamides is 1. The fourth-order valence-corrected chi connectivity index (χ4v) is 8.67. The van der Waals surface area contributed by atoms with Crippen LogP contribution in [0.5, 0.6) is 5.75 Å². The van der Waals surface area contributed by atoms with Gasteiger partial charge in [-0.2, -0.15) is 0 Å². The van der Waals surface area contributed by atoms with E-state index in [1.54, 1.807) is 25.3 Å². The smallest absolute Gasteiger partial charge is 0.264 e. The number of halogens is 1. The minimum atomic E-state index is -4.08. The molecule has 0 saturated heterocycles. The Morgan fingerprint density at radius 1 is 1.09 bits per heavy atom. The van der Waals surface area contributed by atoms with E-state index in [1.165, 1.54) is 0 Å². The molecular formula is C35H47ClN2O7S. The van der Waals surface area contributed by atoms with E-state index in [9.17, 15) is 18.3 Å². The van der Waals surface area contributed by atoms with E-state index in [-0.39, 0.29) is 36.3 Å². The van der Waals surface area contributed by atoms with Crippen molar-refractivity contribution in [3.8, 4) is 5.75 Å². The van der Waals surface area contributed by atoms with Gasteiger partial charge in [-0.3, -0.25) is 4.79 Å². The maximum Gasteiger partial charge on any atom is 0.264 e. The maximum absolute atomic E-state index is 13.7. The lowest BCUT2D eigenvalue weighted by molar-refractivity contribution is 0.0460. The predicted molar refractivity (Wildman–Crippen MR) is 180 cm³/mol. The van der Waals surface area contributed by atoms with E-state index in [2.05, 4.69) is 9.62 Å². The highest BCUT2D eigenvalue weighted by Crippen LogP contribution is 2.41. The molecule has 1 amide bonds. The fourth-order valence-electron chi connectivity index (χ4n) is 6.81. The van der Waals surface area contributed by atoms with Crippen molar-refractivity contribution in [2.75, 3.05) is 44.9 Å². The molecule has 11 heteroatoms. The van der Waals surface area contributed by atoms with Crippen molar-refractivity contribution in [2.24, 2.45) is 17.8 Å². The molecule has 2 aliphatic heterocycles. The van der Waals surface area contributed by atoms with Gasteiger partial charge < -0.3 is 24.2 Å². The number of anilines is 1. The van der Waals surface area contributed by atoms with E-state index >= 15 is 0 Å². The lowest BCUT2D eigenvalue weighted by Crippen LogP contribution is -2.44. The van der Waals surface area contributed by atoms with Crippen LogP contribution in [0.4, 0.5) is 5.69 Å². The van der Waals surface area contributed by atoms with Gasteiger partial charge in [0.15, 0.2) is 0 Å². The van der Waals surface area contributed by atoms with Crippen molar-refractivity contribution in [3.63, 3.8) is 0 Å². The van der Waals surface area contributed by atoms with Crippen LogP contribution in [0.2, 0.25) is 5.02 Å². The molecule has 2 bridgehead atoms. The Labute approximate surface area is 278 Å². The summed E-state index contributed by atoms with van der Waals surface area (Å²) < 4.78 is 46.9. The molecule has 0 spiro atoms. The summed E-state index contributed by atoms with van der Waals surface area (Å²) in [6.45, 7) is 4.61. The van der Waals surface area contributed by atoms with Crippen LogP contribution in [-0.2, 0) is 32.5 Å². The Morgan fingerprint density at radius 3 is 2.72 bits per heavy atom. The van der Waals surface area contributed by atoms with Crippen LogP contribution < -0.4 is 14.4 Å². The molecule has 1 aliphatic carbocycles. The topological polar surface area (TPSA) is 114 Å². The van der Waals surface area contributed by atoms with Gasteiger partial charge in [0, 0.05) is 37.4 Å². The normalized spacial score (nSPS) is 27.5. The van der Waals surface area contributed by atoms with E-state index < -0.39 is 27.3 Å². The first kappa shape index (κ1) is 34.7. The number of allylic oxidation sites excluding steroid dienone is 1. The van der Waals surface area contributed by atoms with Crippen molar-refractivity contribution < 1.29 is 32.5 Å². The fraction of sp³-hybridized carbons (Fsp3) is 0.571. The molecule has 1 fully saturated rings. The Morgan fingerprint density at radius 2 is 1.93 bits per heavy atom. The minimum Gasteiger partial charge on any atom is -0.487 e. The molecule has 9 nitrogen and oxygen atoms in total. The summed E-state index contributed by atoms with van der Waals surface area (Å²) in [5.41, 5.74) is 3.22. The number of hydrogen-bond acceptors (Lipinski definition) is 8. The lowest BCUT2D eigenvalue weighted by Gasteiger charge is -2.42. The number of nitrogens with zero attached hydrogens (tertiary/aromatic N) is 1. The van der Waals surface area contributed by atoms with Crippen LogP contribution in [0.15, 0.2) is 48.6 Å². The van der Waals surface area contributed by atoms with Gasteiger partial charge in [-0.05, 0) is 104 Å². The minimum absolute atomic E-state index is 0.105. The second kappa shape index (κ2) is 16.0. The molecule has 46 heavy (non-hydrogen) atoms. The first-order valence-electron chi connectivity index (χ1n) is 16.4. The molecule has 2 N–H and O–H groups in total. The quantitative estimate of drug-likeness (QED) is 0.304. The van der Waals surface area contributed by atoms with Gasteiger partial charge in [0.1, 0.15) is 12.4 Å². The van der Waals surface area contributed by atoms with Crippen molar-refractivity contribution in [3.05, 3.63) is 70.3 Å². The monoisotopic (exact) mass is 674 g/mol. The standard InChI is InChI=1S/C35H47ClN2O7S/c1-24-6-5-8-32(39)30-13-10-27(30)22-38-16-4-3-7-25-20-29(36)12-9-28(25)23-45-33-14-11-26(21-31(33)38)35(40)37-46(41,42)34(24)15-17-44-19-18-43-2/h5,8-9,11-12,14,20-21,24,27,30,32,34,39H,3-4,6-7,10,13,15-19,22-23H2,1-2H3,(H,37,40)/b8-5-/t24-,27-,30+,32+,34-/m0/s1. The SMILES string of the molecule is COCCOCC[C@H]1[C@@H](C)C/C=C\[C@@H](O)[C@@H]2CC[C@H]2CN2CCCCc3cc(Cl)ccc3COc3ccc(cc32)C(=O)NS1(=O)=O. The largest absolute Gasteiger partial charge is 0.487 e. The number of aryl methyl sites for hydroxylation is 1. The summed E-state index contributed by atoms with van der Waals surface area (Å²) in [4.78, 5) is 15.9. The van der Waals surface area contributed by atoms with Gasteiger partial charge >= 0.3 is 0 Å². The number of aliphatic hydroxyl groups is 1. The number of aliphatic hydroxyl groups excluding tert-OH is 1. The predicted octanol–water partition coefficient (Wildman–Crippen LogP) is 5.53. The van der Waals surface area contributed by atoms with E-state index in [0.29, 0.717) is 43.6 Å². The highest BCUT2D eigenvalue weighted by Gasteiger charge is 2.37. The Hall–Kier alpha value is -2.63. The second-order valence-electron chi connectivity index (χ2n) is 12.8. The molecule has 252 valence electrons. The summed E-state index contributed by atoms with van der Waals surface area (Å²) in [6.07, 6.45) is 8.42. The molecule has 3 aliphatic rings. The number of methoxy groups -OCH3 is 1. The Balaban J connectivity index is 1.49. The van der Waals surface area contributed by atoms with Crippen molar-refractivity contribution >= 4 is 33.2 Å². The Kier molecular flexibility index (Phi) is 12.1. The Bertz CT molecular complexity index is 1480.